The van der Waals surface area contributed by atoms with Crippen LogP contribution in [-0.4, -0.2) is 85.7 Å². The van der Waals surface area contributed by atoms with Gasteiger partial charge in [0.05, 0.1) is 23.9 Å². The van der Waals surface area contributed by atoms with E-state index in [0.29, 0.717) is 0 Å². The number of carbonyl (C=O) groups is 3. The van der Waals surface area contributed by atoms with E-state index in [0.717, 1.165) is 6.26 Å². The second kappa shape index (κ2) is 9.96. The van der Waals surface area contributed by atoms with Crippen molar-refractivity contribution in [2.24, 2.45) is 5.73 Å². The van der Waals surface area contributed by atoms with Crippen LogP contribution in [0.3, 0.4) is 0 Å². The van der Waals surface area contributed by atoms with Gasteiger partial charge >= 0.3 is 0 Å². The number of amides is 3. The maximum absolute atomic E-state index is 12.5. The second-order valence-electron chi connectivity index (χ2n) is 6.85. The molecule has 0 fully saturated rings. The Morgan fingerprint density at radius 2 is 1.93 bits per heavy atom. The Morgan fingerprint density at radius 1 is 1.32 bits per heavy atom. The summed E-state index contributed by atoms with van der Waals surface area (Å²) in [5.41, 5.74) is 5.25. The van der Waals surface area contributed by atoms with Gasteiger partial charge in [-0.3, -0.25) is 14.4 Å². The highest BCUT2D eigenvalue weighted by atomic mass is 32.2. The van der Waals surface area contributed by atoms with E-state index < -0.39 is 57.9 Å². The van der Waals surface area contributed by atoms with Gasteiger partial charge in [0.25, 0.3) is 0 Å². The zero-order valence-electron chi connectivity index (χ0n) is 16.0. The number of likely N-dealkylation sites (N-methyl/N-ethyl adjacent to an activating group) is 1. The summed E-state index contributed by atoms with van der Waals surface area (Å²) in [6.07, 6.45) is -0.753. The molecule has 5 unspecified atom stereocenters. The average Bonchev–Trinajstić information content (AvgIpc) is 2.59. The second-order valence-corrected chi connectivity index (χ2v) is 9.11. The van der Waals surface area contributed by atoms with Gasteiger partial charge in [-0.1, -0.05) is 6.08 Å². The van der Waals surface area contributed by atoms with E-state index in [1.165, 1.54) is 6.08 Å². The highest BCUT2D eigenvalue weighted by Gasteiger charge is 2.35. The van der Waals surface area contributed by atoms with Crippen LogP contribution in [0.2, 0.25) is 0 Å². The fourth-order valence-electron chi connectivity index (χ4n) is 2.55. The first-order valence-electron chi connectivity index (χ1n) is 8.68. The summed E-state index contributed by atoms with van der Waals surface area (Å²) in [7, 11) is -1.79. The summed E-state index contributed by atoms with van der Waals surface area (Å²) in [5.74, 6) is -2.44. The molecular formula is C16H28N4O7S. The highest BCUT2D eigenvalue weighted by Crippen LogP contribution is 2.20. The molecule has 1 rings (SSSR count). The highest BCUT2D eigenvalue weighted by molar-refractivity contribution is 7.90. The van der Waals surface area contributed by atoms with Crippen molar-refractivity contribution in [1.29, 1.82) is 0 Å². The topological polar surface area (TPSA) is 188 Å². The lowest BCUT2D eigenvalue weighted by molar-refractivity contribution is -0.126. The largest absolute Gasteiger partial charge is 0.390 e. The quantitative estimate of drug-likeness (QED) is 0.222. The number of hydrogen-bond donors (Lipinski definition) is 6. The van der Waals surface area contributed by atoms with Gasteiger partial charge < -0.3 is 31.9 Å². The van der Waals surface area contributed by atoms with Crippen LogP contribution in [-0.2, 0) is 24.2 Å². The van der Waals surface area contributed by atoms with Crippen molar-refractivity contribution in [2.45, 2.75) is 50.1 Å². The number of aliphatic hydroxyl groups is 2. The van der Waals surface area contributed by atoms with Crippen LogP contribution in [0, 0.1) is 0 Å². The Labute approximate surface area is 163 Å². The molecule has 1 aliphatic rings. The summed E-state index contributed by atoms with van der Waals surface area (Å²) in [6.45, 7) is 1.59. The van der Waals surface area contributed by atoms with Crippen LogP contribution in [0.25, 0.3) is 0 Å². The van der Waals surface area contributed by atoms with Gasteiger partial charge in [-0.15, -0.1) is 0 Å². The van der Waals surface area contributed by atoms with E-state index >= 15 is 0 Å². The van der Waals surface area contributed by atoms with Gasteiger partial charge in [0, 0.05) is 18.2 Å². The smallest absolute Gasteiger partial charge is 0.247 e. The Kier molecular flexibility index (Phi) is 8.54. The molecular weight excluding hydrogens is 392 g/mol. The normalized spacial score (nSPS) is 24.6. The van der Waals surface area contributed by atoms with Crippen LogP contribution in [0.15, 0.2) is 11.6 Å². The molecule has 160 valence electrons. The maximum Gasteiger partial charge on any atom is 0.247 e. The van der Waals surface area contributed by atoms with Crippen molar-refractivity contribution in [3.8, 4) is 0 Å². The van der Waals surface area contributed by atoms with Crippen molar-refractivity contribution in [1.82, 2.24) is 16.0 Å². The van der Waals surface area contributed by atoms with Gasteiger partial charge in [0.15, 0.2) is 0 Å². The van der Waals surface area contributed by atoms with Crippen molar-refractivity contribution >= 4 is 27.6 Å². The molecule has 0 saturated carbocycles. The fourth-order valence-corrected chi connectivity index (χ4v) is 3.22. The summed E-state index contributed by atoms with van der Waals surface area (Å²) >= 11 is 0. The van der Waals surface area contributed by atoms with Gasteiger partial charge in [0.2, 0.25) is 17.7 Å². The molecule has 0 spiro atoms. The molecule has 11 nitrogen and oxygen atoms in total. The number of rotatable bonds is 9. The van der Waals surface area contributed by atoms with Gasteiger partial charge in [-0.25, -0.2) is 8.42 Å². The predicted molar refractivity (Wildman–Crippen MR) is 101 cm³/mol. The minimum Gasteiger partial charge on any atom is -0.390 e. The molecule has 0 aromatic heterocycles. The first-order chi connectivity index (χ1) is 12.9. The summed E-state index contributed by atoms with van der Waals surface area (Å²) in [6, 6.07) is -2.80. The van der Waals surface area contributed by atoms with Crippen LogP contribution in [0.4, 0.5) is 0 Å². The SMILES string of the molecule is CNC(C)C(=O)NC1C=C(C(=O)NC(CCS(C)(=O)=O)C(N)=O)CC(O)C1O. The number of nitrogens with one attached hydrogen (secondary N) is 3. The molecule has 7 N–H and O–H groups in total. The molecule has 0 heterocycles. The number of aliphatic hydroxyl groups excluding tert-OH is 2. The molecule has 28 heavy (non-hydrogen) atoms. The number of sulfone groups is 1. The van der Waals surface area contributed by atoms with E-state index in [-0.39, 0.29) is 24.2 Å². The Balaban J connectivity index is 2.92. The van der Waals surface area contributed by atoms with E-state index in [1.807, 2.05) is 0 Å². The van der Waals surface area contributed by atoms with E-state index in [1.54, 1.807) is 14.0 Å². The first kappa shape index (κ1) is 24.0. The zero-order chi connectivity index (χ0) is 21.6. The van der Waals surface area contributed by atoms with Gasteiger partial charge in [-0.05, 0) is 20.4 Å². The van der Waals surface area contributed by atoms with E-state index in [2.05, 4.69) is 16.0 Å². The Morgan fingerprint density at radius 3 is 2.43 bits per heavy atom. The predicted octanol–water partition coefficient (Wildman–Crippen LogP) is -3.46. The number of carbonyl (C=O) groups excluding carboxylic acids is 3. The lowest BCUT2D eigenvalue weighted by Gasteiger charge is -2.32. The first-order valence-corrected chi connectivity index (χ1v) is 10.7. The third kappa shape index (κ3) is 7.19. The average molecular weight is 420 g/mol. The zero-order valence-corrected chi connectivity index (χ0v) is 16.8. The Bertz CT molecular complexity index is 737. The number of nitrogens with two attached hydrogens (primary N) is 1. The lowest BCUT2D eigenvalue weighted by Crippen LogP contribution is -2.54. The summed E-state index contributed by atoms with van der Waals surface area (Å²) in [4.78, 5) is 36.0. The summed E-state index contributed by atoms with van der Waals surface area (Å²) < 4.78 is 22.5. The van der Waals surface area contributed by atoms with E-state index in [9.17, 15) is 33.0 Å². The molecule has 0 radical (unpaired) electrons. The minimum absolute atomic E-state index is 0.0332. The summed E-state index contributed by atoms with van der Waals surface area (Å²) in [5, 5.41) is 27.7. The van der Waals surface area contributed by atoms with Crippen molar-refractivity contribution in [3.05, 3.63) is 11.6 Å². The molecule has 1 aliphatic carbocycles. The minimum atomic E-state index is -3.36. The molecule has 0 bridgehead atoms. The molecule has 12 heteroatoms. The van der Waals surface area contributed by atoms with Crippen molar-refractivity contribution < 1.29 is 33.0 Å². The maximum atomic E-state index is 12.5. The van der Waals surface area contributed by atoms with Crippen LogP contribution in [0.1, 0.15) is 19.8 Å². The standard InChI is InChI=1S/C16H28N4O7S/c1-8(18-2)15(24)20-11-6-9(7-12(21)13(11)22)16(25)19-10(14(17)23)4-5-28(3,26)27/h6,8,10-13,18,21-22H,4-5,7H2,1-3H3,(H2,17,23)(H,19,25)(H,20,24). The van der Waals surface area contributed by atoms with Crippen LogP contribution in [0.5, 0.6) is 0 Å². The fraction of sp³-hybridized carbons (Fsp3) is 0.688. The third-order valence-corrected chi connectivity index (χ3v) is 5.40. The van der Waals surface area contributed by atoms with Crippen molar-refractivity contribution in [2.75, 3.05) is 19.1 Å². The molecule has 0 aliphatic heterocycles. The number of primary amides is 1. The lowest BCUT2D eigenvalue weighted by atomic mass is 9.89. The van der Waals surface area contributed by atoms with Crippen molar-refractivity contribution in [3.63, 3.8) is 0 Å². The monoisotopic (exact) mass is 420 g/mol. The molecule has 0 aromatic carbocycles. The Hall–Kier alpha value is -2.02. The van der Waals surface area contributed by atoms with Crippen LogP contribution < -0.4 is 21.7 Å². The third-order valence-electron chi connectivity index (χ3n) is 4.42. The van der Waals surface area contributed by atoms with Gasteiger partial charge in [-0.2, -0.15) is 0 Å². The number of hydrogen-bond acceptors (Lipinski definition) is 8. The van der Waals surface area contributed by atoms with Crippen LogP contribution >= 0.6 is 0 Å². The molecule has 5 atom stereocenters. The molecule has 0 aromatic rings. The molecule has 0 saturated heterocycles. The van der Waals surface area contributed by atoms with E-state index in [4.69, 9.17) is 5.73 Å². The molecule has 3 amide bonds. The van der Waals surface area contributed by atoms with Gasteiger partial charge in [0.1, 0.15) is 22.0 Å².